The minimum absolute atomic E-state index is 0.296. The molecule has 0 spiro atoms. The maximum Gasteiger partial charge on any atom is 0.191 e. The van der Waals surface area contributed by atoms with Crippen molar-refractivity contribution in [3.63, 3.8) is 0 Å². The Balaban J connectivity index is 1.45. The molecule has 0 saturated carbocycles. The van der Waals surface area contributed by atoms with Crippen LogP contribution in [-0.2, 0) is 0 Å². The third-order valence-electron chi connectivity index (χ3n) is 6.01. The topological polar surface area (TPSA) is 52.1 Å². The van der Waals surface area contributed by atoms with Gasteiger partial charge in [0, 0.05) is 21.7 Å². The predicted molar refractivity (Wildman–Crippen MR) is 132 cm³/mol. The second-order valence-electron chi connectivity index (χ2n) is 8.00. The highest BCUT2D eigenvalue weighted by Crippen LogP contribution is 2.36. The van der Waals surface area contributed by atoms with Gasteiger partial charge in [-0.15, -0.1) is 0 Å². The highest BCUT2D eigenvalue weighted by Gasteiger charge is 2.17. The fourth-order valence-corrected chi connectivity index (χ4v) is 4.62. The predicted octanol–water partition coefficient (Wildman–Crippen LogP) is 8.26. The molecule has 0 fully saturated rings. The molecule has 0 unspecified atom stereocenters. The van der Waals surface area contributed by atoms with Gasteiger partial charge in [-0.05, 0) is 47.5 Å². The van der Waals surface area contributed by atoms with Crippen LogP contribution in [0.2, 0.25) is 5.15 Å². The smallest absolute Gasteiger partial charge is 0.191 e. The molecule has 4 aromatic carbocycles. The summed E-state index contributed by atoms with van der Waals surface area (Å²) in [5.41, 5.74) is 6.70. The van der Waals surface area contributed by atoms with Crippen LogP contribution in [0.1, 0.15) is 0 Å². The number of hydrogen-bond donors (Lipinski definition) is 0. The molecule has 3 aromatic heterocycles. The number of halogens is 1. The van der Waals surface area contributed by atoms with Gasteiger partial charge in [-0.25, -0.2) is 9.97 Å². The molecule has 33 heavy (non-hydrogen) atoms. The van der Waals surface area contributed by atoms with E-state index in [0.29, 0.717) is 22.1 Å². The highest BCUT2D eigenvalue weighted by molar-refractivity contribution is 6.34. The number of para-hydroxylation sites is 1. The van der Waals surface area contributed by atoms with Gasteiger partial charge in [0.2, 0.25) is 0 Å². The SMILES string of the molecule is Clc1nc(-c2ccc3oc4ccccc4c3c2)nc2c1oc1ccc(-c3ccccc3)cc12. The lowest BCUT2D eigenvalue weighted by Gasteiger charge is -2.03. The van der Waals surface area contributed by atoms with E-state index in [0.717, 1.165) is 49.6 Å². The summed E-state index contributed by atoms with van der Waals surface area (Å²) in [6.07, 6.45) is 0. The van der Waals surface area contributed by atoms with E-state index < -0.39 is 0 Å². The molecule has 0 atom stereocenters. The van der Waals surface area contributed by atoms with Gasteiger partial charge in [-0.2, -0.15) is 0 Å². The normalized spacial score (nSPS) is 11.8. The third-order valence-corrected chi connectivity index (χ3v) is 6.27. The van der Waals surface area contributed by atoms with E-state index >= 15 is 0 Å². The van der Waals surface area contributed by atoms with Crippen molar-refractivity contribution in [1.82, 2.24) is 9.97 Å². The molecule has 0 bridgehead atoms. The third kappa shape index (κ3) is 2.85. The van der Waals surface area contributed by atoms with Gasteiger partial charge in [0.25, 0.3) is 0 Å². The summed E-state index contributed by atoms with van der Waals surface area (Å²) < 4.78 is 12.0. The molecule has 0 radical (unpaired) electrons. The number of rotatable bonds is 2. The number of hydrogen-bond acceptors (Lipinski definition) is 4. The van der Waals surface area contributed by atoms with Crippen LogP contribution in [0.15, 0.2) is 99.8 Å². The second-order valence-corrected chi connectivity index (χ2v) is 8.36. The fourth-order valence-electron chi connectivity index (χ4n) is 4.41. The number of benzene rings is 4. The van der Waals surface area contributed by atoms with Gasteiger partial charge in [-0.1, -0.05) is 66.2 Å². The van der Waals surface area contributed by atoms with Crippen molar-refractivity contribution in [2.45, 2.75) is 0 Å². The van der Waals surface area contributed by atoms with Crippen molar-refractivity contribution >= 4 is 55.6 Å². The number of furan rings is 2. The Hall–Kier alpha value is -4.15. The van der Waals surface area contributed by atoms with E-state index in [1.165, 1.54) is 0 Å². The summed E-state index contributed by atoms with van der Waals surface area (Å²) in [5.74, 6) is 0.549. The molecule has 0 saturated heterocycles. The molecule has 0 amide bonds. The Morgan fingerprint density at radius 1 is 0.545 bits per heavy atom. The van der Waals surface area contributed by atoms with Crippen molar-refractivity contribution in [2.24, 2.45) is 0 Å². The van der Waals surface area contributed by atoms with Crippen LogP contribution in [0.25, 0.3) is 66.5 Å². The maximum absolute atomic E-state index is 6.57. The van der Waals surface area contributed by atoms with Crippen molar-refractivity contribution in [1.29, 1.82) is 0 Å². The molecule has 5 heteroatoms. The first-order chi connectivity index (χ1) is 16.2. The van der Waals surface area contributed by atoms with Crippen molar-refractivity contribution in [3.05, 3.63) is 96.1 Å². The molecule has 0 aliphatic carbocycles. The molecule has 4 nitrogen and oxygen atoms in total. The second kappa shape index (κ2) is 6.92. The molecule has 0 aliphatic heterocycles. The van der Waals surface area contributed by atoms with Crippen LogP contribution in [0.3, 0.4) is 0 Å². The maximum atomic E-state index is 6.57. The van der Waals surface area contributed by atoms with Crippen molar-refractivity contribution < 1.29 is 8.83 Å². The summed E-state index contributed by atoms with van der Waals surface area (Å²) in [5, 5.41) is 3.28. The van der Waals surface area contributed by atoms with Gasteiger partial charge in [-0.3, -0.25) is 0 Å². The number of nitrogens with zero attached hydrogens (tertiary/aromatic N) is 2. The molecule has 3 heterocycles. The van der Waals surface area contributed by atoms with Crippen LogP contribution < -0.4 is 0 Å². The Morgan fingerprint density at radius 3 is 2.12 bits per heavy atom. The molecule has 0 N–H and O–H groups in total. The Labute approximate surface area is 193 Å². The Bertz CT molecular complexity index is 1830. The monoisotopic (exact) mass is 446 g/mol. The summed E-state index contributed by atoms with van der Waals surface area (Å²) in [6.45, 7) is 0. The molecule has 0 aliphatic rings. The number of aromatic nitrogens is 2. The van der Waals surface area contributed by atoms with E-state index in [9.17, 15) is 0 Å². The van der Waals surface area contributed by atoms with Crippen LogP contribution in [0, 0.1) is 0 Å². The molecular weight excluding hydrogens is 432 g/mol. The minimum atomic E-state index is 0.296. The van der Waals surface area contributed by atoms with Crippen LogP contribution >= 0.6 is 11.6 Å². The van der Waals surface area contributed by atoms with Gasteiger partial charge < -0.3 is 8.83 Å². The lowest BCUT2D eigenvalue weighted by Crippen LogP contribution is -1.90. The van der Waals surface area contributed by atoms with Gasteiger partial charge >= 0.3 is 0 Å². The summed E-state index contributed by atoms with van der Waals surface area (Å²) in [6, 6.07) is 30.3. The number of fused-ring (bicyclic) bond motifs is 6. The Morgan fingerprint density at radius 2 is 1.24 bits per heavy atom. The molecular formula is C28H15ClN2O2. The minimum Gasteiger partial charge on any atom is -0.456 e. The molecule has 7 rings (SSSR count). The van der Waals surface area contributed by atoms with Crippen molar-refractivity contribution in [3.8, 4) is 22.5 Å². The highest BCUT2D eigenvalue weighted by atomic mass is 35.5. The standard InChI is InChI=1S/C28H15ClN2O2/c29-27-26-25(21-14-17(10-12-24(21)33-26)16-6-2-1-3-7-16)30-28(31-27)18-11-13-23-20(15-18)19-8-4-5-9-22(19)32-23/h1-15H. The first-order valence-corrected chi connectivity index (χ1v) is 11.0. The summed E-state index contributed by atoms with van der Waals surface area (Å²) >= 11 is 6.57. The average Bonchev–Trinajstić information content (AvgIpc) is 3.42. The van der Waals surface area contributed by atoms with E-state index in [-0.39, 0.29) is 0 Å². The van der Waals surface area contributed by atoms with E-state index in [1.54, 1.807) is 0 Å². The zero-order chi connectivity index (χ0) is 21.9. The average molecular weight is 447 g/mol. The lowest BCUT2D eigenvalue weighted by molar-refractivity contribution is 0.666. The molecule has 156 valence electrons. The lowest BCUT2D eigenvalue weighted by atomic mass is 10.0. The van der Waals surface area contributed by atoms with Crippen LogP contribution in [0.5, 0.6) is 0 Å². The zero-order valence-electron chi connectivity index (χ0n) is 17.2. The van der Waals surface area contributed by atoms with Crippen LogP contribution in [-0.4, -0.2) is 9.97 Å². The van der Waals surface area contributed by atoms with Gasteiger partial charge in [0.1, 0.15) is 22.3 Å². The first-order valence-electron chi connectivity index (χ1n) is 10.6. The first kappa shape index (κ1) is 18.4. The van der Waals surface area contributed by atoms with Gasteiger partial charge in [0.15, 0.2) is 16.6 Å². The largest absolute Gasteiger partial charge is 0.456 e. The van der Waals surface area contributed by atoms with E-state index in [1.807, 2.05) is 60.7 Å². The summed E-state index contributed by atoms with van der Waals surface area (Å²) in [4.78, 5) is 9.43. The Kier molecular flexibility index (Phi) is 3.87. The van der Waals surface area contributed by atoms with E-state index in [4.69, 9.17) is 25.4 Å². The molecule has 7 aromatic rings. The van der Waals surface area contributed by atoms with Gasteiger partial charge in [0.05, 0.1) is 0 Å². The van der Waals surface area contributed by atoms with Crippen LogP contribution in [0.4, 0.5) is 0 Å². The fraction of sp³-hybridized carbons (Fsp3) is 0. The van der Waals surface area contributed by atoms with E-state index in [2.05, 4.69) is 35.3 Å². The summed E-state index contributed by atoms with van der Waals surface area (Å²) in [7, 11) is 0. The zero-order valence-corrected chi connectivity index (χ0v) is 18.0. The van der Waals surface area contributed by atoms with Crippen molar-refractivity contribution in [2.75, 3.05) is 0 Å². The quantitative estimate of drug-likeness (QED) is 0.251.